The van der Waals surface area contributed by atoms with Crippen LogP contribution in [0.3, 0.4) is 0 Å². The first-order chi connectivity index (χ1) is 16.4. The standard InChI is InChI=1S/C26H30ClN5O2/c1-4-5-8-21-15-24(29-26(34)28-23-9-6-7-17(2)25(23)27)32(30-21)22-11-10-19-12-13-31(18(3)33)16-20(19)14-22/h6-7,9-11,14-15H,4-5,8,12-13,16H2,1-3H3,(H2,28,29,34). The summed E-state index contributed by atoms with van der Waals surface area (Å²) in [6.07, 6.45) is 3.73. The van der Waals surface area contributed by atoms with Gasteiger partial charge in [-0.3, -0.25) is 10.1 Å². The monoisotopic (exact) mass is 479 g/mol. The second kappa shape index (κ2) is 10.3. The lowest BCUT2D eigenvalue weighted by Gasteiger charge is -2.28. The largest absolute Gasteiger partial charge is 0.338 e. The first-order valence-corrected chi connectivity index (χ1v) is 12.0. The maximum absolute atomic E-state index is 12.8. The summed E-state index contributed by atoms with van der Waals surface area (Å²) >= 11 is 6.34. The fourth-order valence-electron chi connectivity index (χ4n) is 4.15. The van der Waals surface area contributed by atoms with Crippen LogP contribution in [0.25, 0.3) is 5.69 Å². The molecule has 0 unspecified atom stereocenters. The zero-order chi connectivity index (χ0) is 24.2. The number of hydrogen-bond acceptors (Lipinski definition) is 3. The Kier molecular flexibility index (Phi) is 7.22. The van der Waals surface area contributed by atoms with Crippen molar-refractivity contribution in [3.05, 3.63) is 69.9 Å². The SMILES string of the molecule is CCCCc1cc(NC(=O)Nc2cccc(C)c2Cl)n(-c2ccc3c(c2)CN(C(C)=O)CC3)n1. The Morgan fingerprint density at radius 3 is 2.71 bits per heavy atom. The number of fused-ring (bicyclic) bond motifs is 1. The molecule has 1 aromatic heterocycles. The minimum atomic E-state index is -0.392. The van der Waals surface area contributed by atoms with Gasteiger partial charge in [-0.1, -0.05) is 43.1 Å². The van der Waals surface area contributed by atoms with Crippen molar-refractivity contribution in [2.45, 2.75) is 53.0 Å². The van der Waals surface area contributed by atoms with E-state index in [0.717, 1.165) is 54.7 Å². The number of benzene rings is 2. The minimum absolute atomic E-state index is 0.0748. The molecule has 0 bridgehead atoms. The molecule has 2 aromatic carbocycles. The third-order valence-electron chi connectivity index (χ3n) is 6.12. The molecule has 0 aliphatic carbocycles. The number of rotatable bonds is 6. The third kappa shape index (κ3) is 5.25. The van der Waals surface area contributed by atoms with E-state index in [1.54, 1.807) is 17.7 Å². The fraction of sp³-hybridized carbons (Fsp3) is 0.346. The smallest absolute Gasteiger partial charge is 0.324 e. The maximum atomic E-state index is 12.8. The van der Waals surface area contributed by atoms with Gasteiger partial charge >= 0.3 is 6.03 Å². The predicted molar refractivity (Wildman–Crippen MR) is 136 cm³/mol. The molecule has 0 fully saturated rings. The Morgan fingerprint density at radius 1 is 1.12 bits per heavy atom. The van der Waals surface area contributed by atoms with Gasteiger partial charge in [0.05, 0.1) is 22.1 Å². The molecule has 0 radical (unpaired) electrons. The van der Waals surface area contributed by atoms with Crippen molar-refractivity contribution in [2.75, 3.05) is 17.2 Å². The summed E-state index contributed by atoms with van der Waals surface area (Å²) in [4.78, 5) is 26.6. The molecule has 7 nitrogen and oxygen atoms in total. The van der Waals surface area contributed by atoms with Gasteiger partial charge < -0.3 is 10.2 Å². The van der Waals surface area contributed by atoms with Gasteiger partial charge in [0.25, 0.3) is 0 Å². The van der Waals surface area contributed by atoms with E-state index in [0.29, 0.717) is 23.1 Å². The van der Waals surface area contributed by atoms with Gasteiger partial charge in [0, 0.05) is 26.1 Å². The van der Waals surface area contributed by atoms with Crippen LogP contribution in [0, 0.1) is 6.92 Å². The Hall–Kier alpha value is -3.32. The van der Waals surface area contributed by atoms with Crippen LogP contribution in [0.4, 0.5) is 16.3 Å². The topological polar surface area (TPSA) is 79.3 Å². The van der Waals surface area contributed by atoms with Gasteiger partial charge in [0.1, 0.15) is 5.82 Å². The van der Waals surface area contributed by atoms with Crippen LogP contribution in [0.2, 0.25) is 5.02 Å². The van der Waals surface area contributed by atoms with Gasteiger partial charge in [-0.2, -0.15) is 5.10 Å². The van der Waals surface area contributed by atoms with E-state index in [-0.39, 0.29) is 5.91 Å². The van der Waals surface area contributed by atoms with Gasteiger partial charge in [-0.15, -0.1) is 0 Å². The second-order valence-electron chi connectivity index (χ2n) is 8.70. The maximum Gasteiger partial charge on any atom is 0.324 e. The Bertz CT molecular complexity index is 1220. The summed E-state index contributed by atoms with van der Waals surface area (Å²) in [6, 6.07) is 13.2. The Balaban J connectivity index is 1.62. The van der Waals surface area contributed by atoms with E-state index in [9.17, 15) is 9.59 Å². The average Bonchev–Trinajstić information content (AvgIpc) is 3.22. The zero-order valence-electron chi connectivity index (χ0n) is 19.8. The van der Waals surface area contributed by atoms with Crippen LogP contribution in [0.5, 0.6) is 0 Å². The number of amides is 3. The van der Waals surface area contributed by atoms with Crippen molar-refractivity contribution >= 4 is 35.0 Å². The minimum Gasteiger partial charge on any atom is -0.338 e. The number of carbonyl (C=O) groups excluding carboxylic acids is 2. The van der Waals surface area contributed by atoms with Gasteiger partial charge in [0.2, 0.25) is 5.91 Å². The molecule has 0 saturated heterocycles. The van der Waals surface area contributed by atoms with E-state index in [2.05, 4.69) is 29.7 Å². The Labute approximate surface area is 205 Å². The molecule has 178 valence electrons. The molecule has 8 heteroatoms. The van der Waals surface area contributed by atoms with E-state index in [1.807, 2.05) is 36.1 Å². The van der Waals surface area contributed by atoms with Crippen molar-refractivity contribution in [3.8, 4) is 5.69 Å². The van der Waals surface area contributed by atoms with Crippen molar-refractivity contribution in [1.82, 2.24) is 14.7 Å². The number of anilines is 2. The number of aryl methyl sites for hydroxylation is 2. The summed E-state index contributed by atoms with van der Waals surface area (Å²) in [7, 11) is 0. The fourth-order valence-corrected chi connectivity index (χ4v) is 4.33. The number of nitrogens with zero attached hydrogens (tertiary/aromatic N) is 3. The molecule has 3 amide bonds. The molecular formula is C26H30ClN5O2. The van der Waals surface area contributed by atoms with Crippen LogP contribution in [0.1, 0.15) is 49.1 Å². The highest BCUT2D eigenvalue weighted by atomic mass is 35.5. The number of aromatic nitrogens is 2. The Morgan fingerprint density at radius 2 is 1.94 bits per heavy atom. The van der Waals surface area contributed by atoms with Gasteiger partial charge in [0.15, 0.2) is 0 Å². The molecule has 0 atom stereocenters. The lowest BCUT2D eigenvalue weighted by molar-refractivity contribution is -0.129. The third-order valence-corrected chi connectivity index (χ3v) is 6.62. The molecule has 1 aliphatic heterocycles. The zero-order valence-corrected chi connectivity index (χ0v) is 20.6. The lowest BCUT2D eigenvalue weighted by atomic mass is 9.99. The summed E-state index contributed by atoms with van der Waals surface area (Å²) in [6.45, 7) is 6.95. The molecule has 4 rings (SSSR count). The van der Waals surface area contributed by atoms with Gasteiger partial charge in [-0.05, 0) is 61.1 Å². The van der Waals surface area contributed by atoms with Crippen molar-refractivity contribution in [2.24, 2.45) is 0 Å². The molecule has 3 aromatic rings. The first kappa shape index (κ1) is 23.8. The highest BCUT2D eigenvalue weighted by Crippen LogP contribution is 2.27. The van der Waals surface area contributed by atoms with Gasteiger partial charge in [-0.25, -0.2) is 9.48 Å². The van der Waals surface area contributed by atoms with Crippen LogP contribution in [-0.4, -0.2) is 33.2 Å². The summed E-state index contributed by atoms with van der Waals surface area (Å²) in [5.41, 5.74) is 5.53. The number of hydrogen-bond donors (Lipinski definition) is 2. The molecule has 2 N–H and O–H groups in total. The average molecular weight is 480 g/mol. The van der Waals surface area contributed by atoms with Crippen molar-refractivity contribution in [1.29, 1.82) is 0 Å². The molecular weight excluding hydrogens is 450 g/mol. The molecule has 0 spiro atoms. The highest BCUT2D eigenvalue weighted by molar-refractivity contribution is 6.34. The molecule has 34 heavy (non-hydrogen) atoms. The number of unbranched alkanes of at least 4 members (excludes halogenated alkanes) is 1. The van der Waals surface area contributed by atoms with E-state index in [1.165, 1.54) is 5.56 Å². The number of halogens is 1. The summed E-state index contributed by atoms with van der Waals surface area (Å²) in [5.74, 6) is 0.650. The summed E-state index contributed by atoms with van der Waals surface area (Å²) in [5, 5.41) is 11.1. The van der Waals surface area contributed by atoms with Crippen molar-refractivity contribution < 1.29 is 9.59 Å². The normalized spacial score (nSPS) is 12.9. The first-order valence-electron chi connectivity index (χ1n) is 11.7. The number of carbonyl (C=O) groups is 2. The highest BCUT2D eigenvalue weighted by Gasteiger charge is 2.20. The van der Waals surface area contributed by atoms with Crippen LogP contribution in [-0.2, 0) is 24.2 Å². The van der Waals surface area contributed by atoms with E-state index in [4.69, 9.17) is 16.7 Å². The molecule has 1 aliphatic rings. The quantitative estimate of drug-likeness (QED) is 0.474. The number of urea groups is 1. The van der Waals surface area contributed by atoms with Crippen molar-refractivity contribution in [3.63, 3.8) is 0 Å². The predicted octanol–water partition coefficient (Wildman–Crippen LogP) is 5.73. The van der Waals surface area contributed by atoms with Crippen LogP contribution < -0.4 is 10.6 Å². The van der Waals surface area contributed by atoms with Crippen LogP contribution >= 0.6 is 11.6 Å². The summed E-state index contributed by atoms with van der Waals surface area (Å²) < 4.78 is 1.76. The second-order valence-corrected chi connectivity index (χ2v) is 9.07. The lowest BCUT2D eigenvalue weighted by Crippen LogP contribution is -2.34. The molecule has 0 saturated carbocycles. The number of nitrogens with one attached hydrogen (secondary N) is 2. The van der Waals surface area contributed by atoms with Crippen LogP contribution in [0.15, 0.2) is 42.5 Å². The van der Waals surface area contributed by atoms with E-state index < -0.39 is 6.03 Å². The molecule has 2 heterocycles. The van der Waals surface area contributed by atoms with E-state index >= 15 is 0 Å².